The second-order valence-electron chi connectivity index (χ2n) is 3.97. The van der Waals surface area contributed by atoms with Crippen LogP contribution in [0.5, 0.6) is 0 Å². The van der Waals surface area contributed by atoms with Crippen LogP contribution >= 0.6 is 15.9 Å². The van der Waals surface area contributed by atoms with Gasteiger partial charge in [0, 0.05) is 11.8 Å². The van der Waals surface area contributed by atoms with E-state index in [0.717, 1.165) is 19.3 Å². The van der Waals surface area contributed by atoms with Crippen molar-refractivity contribution in [2.75, 3.05) is 6.61 Å². The molecule has 0 fully saturated rings. The molecule has 0 aliphatic carbocycles. The van der Waals surface area contributed by atoms with Crippen LogP contribution in [0, 0.1) is 0 Å². The highest BCUT2D eigenvalue weighted by molar-refractivity contribution is 9.09. The molecule has 0 aliphatic rings. The number of amides is 1. The molecule has 4 nitrogen and oxygen atoms in total. The topological polar surface area (TPSA) is 55.4 Å². The van der Waals surface area contributed by atoms with Gasteiger partial charge in [0.15, 0.2) is 0 Å². The van der Waals surface area contributed by atoms with Crippen LogP contribution < -0.4 is 5.32 Å². The maximum absolute atomic E-state index is 11.6. The third-order valence-electron chi connectivity index (χ3n) is 2.32. The first-order chi connectivity index (χ1) is 8.01. The zero-order chi connectivity index (χ0) is 13.3. The first kappa shape index (κ1) is 16.4. The summed E-state index contributed by atoms with van der Waals surface area (Å²) >= 11 is 3.56. The second-order valence-corrected chi connectivity index (χ2v) is 5.26. The van der Waals surface area contributed by atoms with E-state index in [1.807, 2.05) is 0 Å². The second kappa shape index (κ2) is 9.45. The Morgan fingerprint density at radius 1 is 1.24 bits per heavy atom. The van der Waals surface area contributed by atoms with E-state index in [2.05, 4.69) is 28.2 Å². The van der Waals surface area contributed by atoms with E-state index in [-0.39, 0.29) is 11.9 Å². The maximum Gasteiger partial charge on any atom is 0.328 e. The highest BCUT2D eigenvalue weighted by Gasteiger charge is 2.21. The summed E-state index contributed by atoms with van der Waals surface area (Å²) in [5, 5.41) is 2.63. The molecule has 0 radical (unpaired) electrons. The van der Waals surface area contributed by atoms with E-state index in [4.69, 9.17) is 4.74 Å². The van der Waals surface area contributed by atoms with E-state index in [0.29, 0.717) is 17.9 Å². The summed E-state index contributed by atoms with van der Waals surface area (Å²) in [4.78, 5) is 23.0. The predicted molar refractivity (Wildman–Crippen MR) is 71.1 cm³/mol. The van der Waals surface area contributed by atoms with Crippen molar-refractivity contribution < 1.29 is 14.3 Å². The van der Waals surface area contributed by atoms with Gasteiger partial charge in [0.25, 0.3) is 0 Å². The molecule has 0 aromatic carbocycles. The van der Waals surface area contributed by atoms with Crippen molar-refractivity contribution in [1.82, 2.24) is 5.32 Å². The minimum absolute atomic E-state index is 0.204. The lowest BCUT2D eigenvalue weighted by Gasteiger charge is -2.17. The van der Waals surface area contributed by atoms with Crippen LogP contribution in [0.1, 0.15) is 46.5 Å². The van der Waals surface area contributed by atoms with Crippen LogP contribution in [0.25, 0.3) is 0 Å². The summed E-state index contributed by atoms with van der Waals surface area (Å²) in [6, 6.07) is -0.524. The van der Waals surface area contributed by atoms with Crippen LogP contribution in [0.3, 0.4) is 0 Å². The minimum Gasteiger partial charge on any atom is -0.464 e. The first-order valence-electron chi connectivity index (χ1n) is 6.09. The highest BCUT2D eigenvalue weighted by atomic mass is 79.9. The fraction of sp³-hybridized carbons (Fsp3) is 0.833. The zero-order valence-corrected chi connectivity index (χ0v) is 12.4. The average Bonchev–Trinajstić information content (AvgIpc) is 2.24. The van der Waals surface area contributed by atoms with Crippen LogP contribution in [-0.4, -0.2) is 29.4 Å². The fourth-order valence-corrected chi connectivity index (χ4v) is 2.26. The quantitative estimate of drug-likeness (QED) is 0.553. The standard InChI is InChI=1S/C12H22BrNO3/c1-4-6-10(13)7-8-11(14-9(3)15)12(16)17-5-2/h10-11H,4-8H2,1-3H3,(H,14,15)/t10?,11-/m0/s1. The Balaban J connectivity index is 4.18. The van der Waals surface area contributed by atoms with Gasteiger partial charge in [0.2, 0.25) is 5.91 Å². The Labute approximate surface area is 112 Å². The lowest BCUT2D eigenvalue weighted by Crippen LogP contribution is -2.41. The molecule has 0 rings (SSSR count). The highest BCUT2D eigenvalue weighted by Crippen LogP contribution is 2.16. The van der Waals surface area contributed by atoms with Gasteiger partial charge in [0.1, 0.15) is 6.04 Å². The molecule has 5 heteroatoms. The molecule has 2 atom stereocenters. The molecule has 0 saturated carbocycles. The maximum atomic E-state index is 11.6. The Hall–Kier alpha value is -0.580. The lowest BCUT2D eigenvalue weighted by molar-refractivity contribution is -0.147. The molecule has 0 aromatic rings. The molecule has 0 spiro atoms. The van der Waals surface area contributed by atoms with E-state index in [9.17, 15) is 9.59 Å². The molecule has 17 heavy (non-hydrogen) atoms. The molecular weight excluding hydrogens is 286 g/mol. The van der Waals surface area contributed by atoms with Crippen LogP contribution in [0.15, 0.2) is 0 Å². The Kier molecular flexibility index (Phi) is 9.13. The van der Waals surface area contributed by atoms with Gasteiger partial charge in [-0.15, -0.1) is 0 Å². The summed E-state index contributed by atoms with van der Waals surface area (Å²) in [5.74, 6) is -0.552. The lowest BCUT2D eigenvalue weighted by atomic mass is 10.1. The summed E-state index contributed by atoms with van der Waals surface area (Å²) in [7, 11) is 0. The number of alkyl halides is 1. The summed E-state index contributed by atoms with van der Waals surface area (Å²) < 4.78 is 4.93. The molecule has 0 bridgehead atoms. The number of hydrogen-bond donors (Lipinski definition) is 1. The van der Waals surface area contributed by atoms with Gasteiger partial charge < -0.3 is 10.1 Å². The molecule has 1 amide bonds. The van der Waals surface area contributed by atoms with E-state index >= 15 is 0 Å². The van der Waals surface area contributed by atoms with E-state index in [1.165, 1.54) is 6.92 Å². The largest absolute Gasteiger partial charge is 0.464 e. The van der Waals surface area contributed by atoms with Crippen molar-refractivity contribution in [2.24, 2.45) is 0 Å². The van der Waals surface area contributed by atoms with Gasteiger partial charge in [-0.3, -0.25) is 4.79 Å². The summed E-state index contributed by atoms with van der Waals surface area (Å²) in [5.41, 5.74) is 0. The summed E-state index contributed by atoms with van der Waals surface area (Å²) in [6.45, 7) is 5.61. The van der Waals surface area contributed by atoms with Crippen molar-refractivity contribution in [2.45, 2.75) is 57.3 Å². The van der Waals surface area contributed by atoms with Gasteiger partial charge >= 0.3 is 5.97 Å². The van der Waals surface area contributed by atoms with Crippen molar-refractivity contribution in [1.29, 1.82) is 0 Å². The average molecular weight is 308 g/mol. The van der Waals surface area contributed by atoms with Crippen molar-refractivity contribution in [3.8, 4) is 0 Å². The van der Waals surface area contributed by atoms with Crippen LogP contribution in [-0.2, 0) is 14.3 Å². The number of halogens is 1. The SMILES string of the molecule is CCCC(Br)CC[C@H](NC(C)=O)C(=O)OCC. The number of esters is 1. The Morgan fingerprint density at radius 2 is 1.88 bits per heavy atom. The van der Waals surface area contributed by atoms with E-state index < -0.39 is 6.04 Å². The van der Waals surface area contributed by atoms with Gasteiger partial charge in [-0.05, 0) is 26.2 Å². The fourth-order valence-electron chi connectivity index (χ4n) is 1.54. The molecular formula is C12H22BrNO3. The molecule has 0 heterocycles. The molecule has 100 valence electrons. The number of carbonyl (C=O) groups is 2. The number of ether oxygens (including phenoxy) is 1. The predicted octanol–water partition coefficient (Wildman–Crippen LogP) is 2.40. The van der Waals surface area contributed by atoms with Gasteiger partial charge in [-0.1, -0.05) is 29.3 Å². The molecule has 0 saturated heterocycles. The van der Waals surface area contributed by atoms with Crippen LogP contribution in [0.4, 0.5) is 0 Å². The monoisotopic (exact) mass is 307 g/mol. The Morgan fingerprint density at radius 3 is 2.35 bits per heavy atom. The number of nitrogens with one attached hydrogen (secondary N) is 1. The third-order valence-corrected chi connectivity index (χ3v) is 3.23. The normalized spacial score (nSPS) is 13.9. The van der Waals surface area contributed by atoms with Gasteiger partial charge in [-0.2, -0.15) is 0 Å². The number of carbonyl (C=O) groups excluding carboxylic acids is 2. The molecule has 1 N–H and O–H groups in total. The van der Waals surface area contributed by atoms with Crippen molar-refractivity contribution in [3.05, 3.63) is 0 Å². The summed E-state index contributed by atoms with van der Waals surface area (Å²) in [6.07, 6.45) is 3.61. The molecule has 0 aromatic heterocycles. The zero-order valence-electron chi connectivity index (χ0n) is 10.8. The van der Waals surface area contributed by atoms with Gasteiger partial charge in [-0.25, -0.2) is 4.79 Å². The minimum atomic E-state index is -0.524. The number of rotatable bonds is 8. The van der Waals surface area contributed by atoms with Crippen molar-refractivity contribution >= 4 is 27.8 Å². The van der Waals surface area contributed by atoms with E-state index in [1.54, 1.807) is 6.92 Å². The smallest absolute Gasteiger partial charge is 0.328 e. The molecule has 1 unspecified atom stereocenters. The van der Waals surface area contributed by atoms with Crippen LogP contribution in [0.2, 0.25) is 0 Å². The van der Waals surface area contributed by atoms with Gasteiger partial charge in [0.05, 0.1) is 6.61 Å². The third kappa shape index (κ3) is 8.18. The number of hydrogen-bond acceptors (Lipinski definition) is 3. The molecule has 0 aliphatic heterocycles. The Bertz CT molecular complexity index is 246. The van der Waals surface area contributed by atoms with Crippen molar-refractivity contribution in [3.63, 3.8) is 0 Å². The first-order valence-corrected chi connectivity index (χ1v) is 7.00.